The molecule has 0 radical (unpaired) electrons. The summed E-state index contributed by atoms with van der Waals surface area (Å²) in [5, 5.41) is 9.51. The number of hydrogen-bond acceptors (Lipinski definition) is 2. The summed E-state index contributed by atoms with van der Waals surface area (Å²) in [7, 11) is 0. The summed E-state index contributed by atoms with van der Waals surface area (Å²) in [5.41, 5.74) is 6.17. The van der Waals surface area contributed by atoms with Gasteiger partial charge in [-0.3, -0.25) is 4.79 Å². The Balaban J connectivity index is 2.79. The zero-order valence-electron chi connectivity index (χ0n) is 11.5. The topological polar surface area (TPSA) is 68.2 Å². The van der Waals surface area contributed by atoms with Gasteiger partial charge in [-0.05, 0) is 26.0 Å². The number of carboxylic acids is 1. The van der Waals surface area contributed by atoms with E-state index in [9.17, 15) is 18.0 Å². The largest absolute Gasteiger partial charge is 0.480 e. The number of carbonyl (C=O) groups is 1. The van der Waals surface area contributed by atoms with Gasteiger partial charge in [-0.1, -0.05) is 6.07 Å². The molecule has 1 heterocycles. The number of benzene rings is 1. The molecule has 1 unspecified atom stereocenters. The van der Waals surface area contributed by atoms with E-state index < -0.39 is 23.8 Å². The maximum absolute atomic E-state index is 12.8. The number of halogens is 3. The highest BCUT2D eigenvalue weighted by Crippen LogP contribution is 2.35. The van der Waals surface area contributed by atoms with Crippen LogP contribution in [0.1, 0.15) is 29.8 Å². The molecule has 0 saturated heterocycles. The average Bonchev–Trinajstić information content (AvgIpc) is 2.67. The molecule has 2 rings (SSSR count). The molecule has 4 nitrogen and oxygen atoms in total. The molecule has 114 valence electrons. The predicted octanol–water partition coefficient (Wildman–Crippen LogP) is 3.07. The Hall–Kier alpha value is -2.02. The van der Waals surface area contributed by atoms with E-state index >= 15 is 0 Å². The molecule has 2 aromatic rings. The zero-order chi connectivity index (χ0) is 15.9. The summed E-state index contributed by atoms with van der Waals surface area (Å²) in [4.78, 5) is 11.1. The van der Waals surface area contributed by atoms with Crippen LogP contribution in [-0.2, 0) is 17.5 Å². The van der Waals surface area contributed by atoms with Crippen LogP contribution in [0.25, 0.3) is 10.9 Å². The van der Waals surface area contributed by atoms with E-state index in [0.717, 1.165) is 12.1 Å². The van der Waals surface area contributed by atoms with E-state index in [1.54, 1.807) is 18.4 Å². The number of nitrogens with two attached hydrogens (primary N) is 1. The molecule has 7 heteroatoms. The van der Waals surface area contributed by atoms with Gasteiger partial charge in [0.15, 0.2) is 0 Å². The van der Waals surface area contributed by atoms with Gasteiger partial charge in [-0.25, -0.2) is 0 Å². The monoisotopic (exact) mass is 300 g/mol. The fraction of sp³-hybridized carbons (Fsp3) is 0.357. The molecular formula is C14H15F3N2O2. The van der Waals surface area contributed by atoms with E-state index in [1.807, 2.05) is 0 Å². The molecule has 0 saturated carbocycles. The molecule has 1 atom stereocenters. The van der Waals surface area contributed by atoms with Gasteiger partial charge >= 0.3 is 12.1 Å². The smallest absolute Gasteiger partial charge is 0.416 e. The standard InChI is InChI=1S/C14H15F3N2O2/c1-3-19-7(2)11(12(18)13(20)21)9-5-4-8(6-10(9)19)14(15,16)17/h4-6,12H,3,18H2,1-2H3,(H,20,21). The third kappa shape index (κ3) is 2.49. The Morgan fingerprint density at radius 1 is 1.43 bits per heavy atom. The van der Waals surface area contributed by atoms with Gasteiger partial charge in [0.05, 0.1) is 5.56 Å². The van der Waals surface area contributed by atoms with Gasteiger partial charge in [0.1, 0.15) is 6.04 Å². The molecule has 0 fully saturated rings. The van der Waals surface area contributed by atoms with E-state index in [4.69, 9.17) is 10.8 Å². The van der Waals surface area contributed by atoms with E-state index in [2.05, 4.69) is 0 Å². The van der Waals surface area contributed by atoms with Crippen molar-refractivity contribution in [2.45, 2.75) is 32.6 Å². The van der Waals surface area contributed by atoms with Crippen LogP contribution in [0.2, 0.25) is 0 Å². The van der Waals surface area contributed by atoms with E-state index in [-0.39, 0.29) is 0 Å². The second-order valence-electron chi connectivity index (χ2n) is 4.79. The molecule has 0 amide bonds. The number of aliphatic carboxylic acids is 1. The van der Waals surface area contributed by atoms with Gasteiger partial charge in [0.2, 0.25) is 0 Å². The first-order valence-corrected chi connectivity index (χ1v) is 6.36. The maximum Gasteiger partial charge on any atom is 0.416 e. The van der Waals surface area contributed by atoms with Crippen LogP contribution in [0.4, 0.5) is 13.2 Å². The third-order valence-corrected chi connectivity index (χ3v) is 3.59. The molecule has 3 N–H and O–H groups in total. The first-order chi connectivity index (χ1) is 9.68. The second-order valence-corrected chi connectivity index (χ2v) is 4.79. The number of nitrogens with zero attached hydrogens (tertiary/aromatic N) is 1. The van der Waals surface area contributed by atoms with Crippen molar-refractivity contribution in [1.29, 1.82) is 0 Å². The molecule has 0 aliphatic rings. The summed E-state index contributed by atoms with van der Waals surface area (Å²) in [6.45, 7) is 3.87. The SMILES string of the molecule is CCn1c(C)c(C(N)C(=O)O)c2ccc(C(F)(F)F)cc21. The van der Waals surface area contributed by atoms with Crippen molar-refractivity contribution in [3.8, 4) is 0 Å². The van der Waals surface area contributed by atoms with Crippen molar-refractivity contribution < 1.29 is 23.1 Å². The molecular weight excluding hydrogens is 285 g/mol. The fourth-order valence-corrected chi connectivity index (χ4v) is 2.60. The summed E-state index contributed by atoms with van der Waals surface area (Å²) < 4.78 is 40.1. The molecule has 1 aromatic heterocycles. The Labute approximate surface area is 119 Å². The Morgan fingerprint density at radius 3 is 2.52 bits per heavy atom. The number of aromatic nitrogens is 1. The Bertz CT molecular complexity index is 704. The zero-order valence-corrected chi connectivity index (χ0v) is 11.5. The molecule has 1 aromatic carbocycles. The third-order valence-electron chi connectivity index (χ3n) is 3.59. The van der Waals surface area contributed by atoms with Crippen molar-refractivity contribution in [2.24, 2.45) is 5.73 Å². The van der Waals surface area contributed by atoms with E-state index in [1.165, 1.54) is 6.07 Å². The molecule has 0 spiro atoms. The molecule has 0 aliphatic heterocycles. The molecule has 0 aliphatic carbocycles. The molecule has 21 heavy (non-hydrogen) atoms. The van der Waals surface area contributed by atoms with Crippen molar-refractivity contribution in [3.63, 3.8) is 0 Å². The number of fused-ring (bicyclic) bond motifs is 1. The van der Waals surface area contributed by atoms with Gasteiger partial charge in [0.25, 0.3) is 0 Å². The summed E-state index contributed by atoms with van der Waals surface area (Å²) >= 11 is 0. The van der Waals surface area contributed by atoms with Gasteiger partial charge in [-0.2, -0.15) is 13.2 Å². The Kier molecular flexibility index (Phi) is 3.71. The van der Waals surface area contributed by atoms with Crippen molar-refractivity contribution >= 4 is 16.9 Å². The van der Waals surface area contributed by atoms with Crippen LogP contribution in [0.15, 0.2) is 18.2 Å². The lowest BCUT2D eigenvalue weighted by molar-refractivity contribution is -0.139. The van der Waals surface area contributed by atoms with Crippen LogP contribution >= 0.6 is 0 Å². The highest BCUT2D eigenvalue weighted by Gasteiger charge is 2.32. The maximum atomic E-state index is 12.8. The lowest BCUT2D eigenvalue weighted by Crippen LogP contribution is -2.21. The predicted molar refractivity (Wildman–Crippen MR) is 71.9 cm³/mol. The highest BCUT2D eigenvalue weighted by molar-refractivity contribution is 5.91. The minimum Gasteiger partial charge on any atom is -0.480 e. The van der Waals surface area contributed by atoms with Crippen LogP contribution in [-0.4, -0.2) is 15.6 Å². The summed E-state index contributed by atoms with van der Waals surface area (Å²) in [5.74, 6) is -1.21. The number of alkyl halides is 3. The fourth-order valence-electron chi connectivity index (χ4n) is 2.60. The Morgan fingerprint density at radius 2 is 2.05 bits per heavy atom. The average molecular weight is 300 g/mol. The lowest BCUT2D eigenvalue weighted by Gasteiger charge is -2.08. The normalized spacial score (nSPS) is 13.6. The summed E-state index contributed by atoms with van der Waals surface area (Å²) in [6.07, 6.45) is -4.44. The second kappa shape index (κ2) is 5.07. The van der Waals surface area contributed by atoms with Gasteiger partial charge in [-0.15, -0.1) is 0 Å². The summed E-state index contributed by atoms with van der Waals surface area (Å²) in [6, 6.07) is 2.00. The minimum absolute atomic E-state index is 0.344. The van der Waals surface area contributed by atoms with Crippen molar-refractivity contribution in [3.05, 3.63) is 35.0 Å². The number of rotatable bonds is 3. The number of hydrogen-bond donors (Lipinski definition) is 2. The van der Waals surface area contributed by atoms with Crippen LogP contribution in [0, 0.1) is 6.92 Å². The van der Waals surface area contributed by atoms with Crippen molar-refractivity contribution in [2.75, 3.05) is 0 Å². The van der Waals surface area contributed by atoms with E-state index in [0.29, 0.717) is 28.7 Å². The minimum atomic E-state index is -4.44. The van der Waals surface area contributed by atoms with Gasteiger partial charge in [0, 0.05) is 28.7 Å². The van der Waals surface area contributed by atoms with Crippen LogP contribution in [0.3, 0.4) is 0 Å². The molecule has 0 bridgehead atoms. The van der Waals surface area contributed by atoms with Crippen LogP contribution in [0.5, 0.6) is 0 Å². The number of aryl methyl sites for hydroxylation is 1. The van der Waals surface area contributed by atoms with Gasteiger partial charge < -0.3 is 15.4 Å². The quantitative estimate of drug-likeness (QED) is 0.915. The highest BCUT2D eigenvalue weighted by atomic mass is 19.4. The first kappa shape index (κ1) is 15.4. The number of carboxylic acid groups (broad SMARTS) is 1. The van der Waals surface area contributed by atoms with Crippen molar-refractivity contribution in [1.82, 2.24) is 4.57 Å². The van der Waals surface area contributed by atoms with Crippen LogP contribution < -0.4 is 5.73 Å². The lowest BCUT2D eigenvalue weighted by atomic mass is 10.0. The first-order valence-electron chi connectivity index (χ1n) is 6.36.